The van der Waals surface area contributed by atoms with E-state index in [-0.39, 0.29) is 0 Å². The standard InChI is InChI=1S/C15H15ClN2O2/c1-20-15(19)11-5-6-14(13(17)8-11)18-9-10-3-2-4-12(16)7-10/h2-8,18H,9,17H2,1H3. The smallest absolute Gasteiger partial charge is 0.337 e. The Balaban J connectivity index is 2.08. The Morgan fingerprint density at radius 1 is 1.30 bits per heavy atom. The molecule has 0 radical (unpaired) electrons. The second-order valence-electron chi connectivity index (χ2n) is 4.28. The lowest BCUT2D eigenvalue weighted by molar-refractivity contribution is 0.0601. The molecule has 0 fully saturated rings. The molecule has 20 heavy (non-hydrogen) atoms. The summed E-state index contributed by atoms with van der Waals surface area (Å²) in [5, 5.41) is 3.90. The molecule has 0 saturated carbocycles. The highest BCUT2D eigenvalue weighted by molar-refractivity contribution is 6.30. The molecule has 4 nitrogen and oxygen atoms in total. The second-order valence-corrected chi connectivity index (χ2v) is 4.71. The fraction of sp³-hybridized carbons (Fsp3) is 0.133. The average Bonchev–Trinajstić information content (AvgIpc) is 2.45. The summed E-state index contributed by atoms with van der Waals surface area (Å²) in [6, 6.07) is 12.6. The summed E-state index contributed by atoms with van der Waals surface area (Å²) in [6.07, 6.45) is 0. The van der Waals surface area contributed by atoms with E-state index in [1.54, 1.807) is 18.2 Å². The van der Waals surface area contributed by atoms with Gasteiger partial charge in [0, 0.05) is 11.6 Å². The molecule has 0 amide bonds. The van der Waals surface area contributed by atoms with Crippen LogP contribution in [-0.2, 0) is 11.3 Å². The number of nitrogen functional groups attached to an aromatic ring is 1. The maximum absolute atomic E-state index is 11.4. The van der Waals surface area contributed by atoms with Crippen molar-refractivity contribution in [1.82, 2.24) is 0 Å². The Morgan fingerprint density at radius 3 is 2.75 bits per heavy atom. The van der Waals surface area contributed by atoms with Gasteiger partial charge in [0.1, 0.15) is 0 Å². The summed E-state index contributed by atoms with van der Waals surface area (Å²) in [5.74, 6) is -0.405. The SMILES string of the molecule is COC(=O)c1ccc(NCc2cccc(Cl)c2)c(N)c1. The van der Waals surface area contributed by atoms with Gasteiger partial charge in [0.15, 0.2) is 0 Å². The topological polar surface area (TPSA) is 64.3 Å². The minimum Gasteiger partial charge on any atom is -0.465 e. The summed E-state index contributed by atoms with van der Waals surface area (Å²) in [6.45, 7) is 0.600. The van der Waals surface area contributed by atoms with E-state index in [0.717, 1.165) is 11.3 Å². The van der Waals surface area contributed by atoms with Crippen molar-refractivity contribution in [3.63, 3.8) is 0 Å². The van der Waals surface area contributed by atoms with Gasteiger partial charge in [-0.1, -0.05) is 23.7 Å². The number of esters is 1. The number of halogens is 1. The Labute approximate surface area is 122 Å². The van der Waals surface area contributed by atoms with Crippen molar-refractivity contribution in [2.75, 3.05) is 18.2 Å². The van der Waals surface area contributed by atoms with Gasteiger partial charge >= 0.3 is 5.97 Å². The van der Waals surface area contributed by atoms with Gasteiger partial charge < -0.3 is 15.8 Å². The predicted molar refractivity (Wildman–Crippen MR) is 81.0 cm³/mol. The highest BCUT2D eigenvalue weighted by Gasteiger charge is 2.07. The van der Waals surface area contributed by atoms with Gasteiger partial charge in [0.25, 0.3) is 0 Å². The molecule has 0 aliphatic rings. The average molecular weight is 291 g/mol. The third kappa shape index (κ3) is 3.42. The third-order valence-electron chi connectivity index (χ3n) is 2.84. The molecule has 104 valence electrons. The van der Waals surface area contributed by atoms with Crippen molar-refractivity contribution >= 4 is 28.9 Å². The number of hydrogen-bond donors (Lipinski definition) is 2. The molecular weight excluding hydrogens is 276 g/mol. The zero-order valence-corrected chi connectivity index (χ0v) is 11.8. The molecule has 0 aromatic heterocycles. The number of carbonyl (C=O) groups is 1. The molecule has 0 spiro atoms. The monoisotopic (exact) mass is 290 g/mol. The van der Waals surface area contributed by atoms with Crippen LogP contribution in [0.1, 0.15) is 15.9 Å². The number of methoxy groups -OCH3 is 1. The van der Waals surface area contributed by atoms with Crippen molar-refractivity contribution < 1.29 is 9.53 Å². The number of nitrogens with one attached hydrogen (secondary N) is 1. The van der Waals surface area contributed by atoms with E-state index in [4.69, 9.17) is 17.3 Å². The molecule has 0 aliphatic carbocycles. The Bertz CT molecular complexity index is 629. The summed E-state index contributed by atoms with van der Waals surface area (Å²) in [5.41, 5.74) is 8.65. The molecule has 0 atom stereocenters. The number of hydrogen-bond acceptors (Lipinski definition) is 4. The first-order valence-corrected chi connectivity index (χ1v) is 6.44. The highest BCUT2D eigenvalue weighted by atomic mass is 35.5. The molecule has 0 unspecified atom stereocenters. The molecule has 2 rings (SSSR count). The first kappa shape index (κ1) is 14.2. The van der Waals surface area contributed by atoms with Gasteiger partial charge in [0.05, 0.1) is 24.0 Å². The molecule has 5 heteroatoms. The Kier molecular flexibility index (Phi) is 4.48. The van der Waals surface area contributed by atoms with Crippen LogP contribution in [0.2, 0.25) is 5.02 Å². The van der Waals surface area contributed by atoms with Crippen molar-refractivity contribution in [3.05, 3.63) is 58.6 Å². The summed E-state index contributed by atoms with van der Waals surface area (Å²) >= 11 is 5.93. The third-order valence-corrected chi connectivity index (χ3v) is 3.08. The number of nitrogens with two attached hydrogens (primary N) is 1. The molecule has 0 heterocycles. The first-order valence-electron chi connectivity index (χ1n) is 6.06. The minimum absolute atomic E-state index is 0.405. The number of anilines is 2. The number of ether oxygens (including phenoxy) is 1. The summed E-state index contributed by atoms with van der Waals surface area (Å²) in [7, 11) is 1.34. The highest BCUT2D eigenvalue weighted by Crippen LogP contribution is 2.21. The maximum atomic E-state index is 11.4. The van der Waals surface area contributed by atoms with Crippen LogP contribution in [0.4, 0.5) is 11.4 Å². The van der Waals surface area contributed by atoms with Crippen molar-refractivity contribution in [1.29, 1.82) is 0 Å². The van der Waals surface area contributed by atoms with Gasteiger partial charge in [-0.25, -0.2) is 4.79 Å². The van der Waals surface area contributed by atoms with Crippen LogP contribution in [0.15, 0.2) is 42.5 Å². The zero-order chi connectivity index (χ0) is 14.5. The molecule has 0 aliphatic heterocycles. The lowest BCUT2D eigenvalue weighted by Crippen LogP contribution is -2.06. The van der Waals surface area contributed by atoms with Gasteiger partial charge in [-0.05, 0) is 35.9 Å². The van der Waals surface area contributed by atoms with Crippen LogP contribution in [0.25, 0.3) is 0 Å². The van der Waals surface area contributed by atoms with E-state index >= 15 is 0 Å². The van der Waals surface area contributed by atoms with Crippen LogP contribution in [0.5, 0.6) is 0 Å². The number of rotatable bonds is 4. The van der Waals surface area contributed by atoms with E-state index in [1.807, 2.05) is 24.3 Å². The summed E-state index contributed by atoms with van der Waals surface area (Å²) in [4.78, 5) is 11.4. The van der Waals surface area contributed by atoms with Crippen LogP contribution >= 0.6 is 11.6 Å². The van der Waals surface area contributed by atoms with Gasteiger partial charge in [-0.3, -0.25) is 0 Å². The minimum atomic E-state index is -0.405. The number of benzene rings is 2. The van der Waals surface area contributed by atoms with Gasteiger partial charge in [0.2, 0.25) is 0 Å². The molecule has 0 bridgehead atoms. The molecule has 0 saturated heterocycles. The van der Waals surface area contributed by atoms with E-state index in [0.29, 0.717) is 22.8 Å². The van der Waals surface area contributed by atoms with Gasteiger partial charge in [-0.2, -0.15) is 0 Å². The molecule has 2 aromatic rings. The zero-order valence-electron chi connectivity index (χ0n) is 11.0. The molecule has 2 aromatic carbocycles. The Morgan fingerprint density at radius 2 is 2.10 bits per heavy atom. The maximum Gasteiger partial charge on any atom is 0.337 e. The fourth-order valence-electron chi connectivity index (χ4n) is 1.81. The second kappa shape index (κ2) is 6.30. The largest absolute Gasteiger partial charge is 0.465 e. The van der Waals surface area contributed by atoms with Crippen molar-refractivity contribution in [2.24, 2.45) is 0 Å². The van der Waals surface area contributed by atoms with Crippen LogP contribution in [0.3, 0.4) is 0 Å². The van der Waals surface area contributed by atoms with E-state index in [9.17, 15) is 4.79 Å². The van der Waals surface area contributed by atoms with E-state index in [2.05, 4.69) is 10.1 Å². The number of carbonyl (C=O) groups excluding carboxylic acids is 1. The van der Waals surface area contributed by atoms with Crippen molar-refractivity contribution in [3.8, 4) is 0 Å². The predicted octanol–water partition coefficient (Wildman–Crippen LogP) is 3.32. The van der Waals surface area contributed by atoms with Crippen LogP contribution in [-0.4, -0.2) is 13.1 Å². The summed E-state index contributed by atoms with van der Waals surface area (Å²) < 4.78 is 4.64. The molecule has 3 N–H and O–H groups in total. The lowest BCUT2D eigenvalue weighted by atomic mass is 10.1. The van der Waals surface area contributed by atoms with E-state index in [1.165, 1.54) is 7.11 Å². The quantitative estimate of drug-likeness (QED) is 0.670. The normalized spacial score (nSPS) is 10.1. The molecular formula is C15H15ClN2O2. The van der Waals surface area contributed by atoms with Crippen molar-refractivity contribution in [2.45, 2.75) is 6.54 Å². The van der Waals surface area contributed by atoms with Crippen LogP contribution < -0.4 is 11.1 Å². The van der Waals surface area contributed by atoms with E-state index < -0.39 is 5.97 Å². The first-order chi connectivity index (χ1) is 9.60. The van der Waals surface area contributed by atoms with Gasteiger partial charge in [-0.15, -0.1) is 0 Å². The lowest BCUT2D eigenvalue weighted by Gasteiger charge is -2.10. The Hall–Kier alpha value is -2.20. The van der Waals surface area contributed by atoms with Crippen LogP contribution in [0, 0.1) is 0 Å². The fourth-order valence-corrected chi connectivity index (χ4v) is 2.03.